The van der Waals surface area contributed by atoms with Gasteiger partial charge in [0.2, 0.25) is 0 Å². The number of hydrogen-bond acceptors (Lipinski definition) is 2. The van der Waals surface area contributed by atoms with Crippen molar-refractivity contribution in [2.45, 2.75) is 65.2 Å². The quantitative estimate of drug-likeness (QED) is 0.164. The lowest BCUT2D eigenvalue weighted by Crippen LogP contribution is -2.13. The van der Waals surface area contributed by atoms with Gasteiger partial charge in [0, 0.05) is 42.8 Å². The van der Waals surface area contributed by atoms with Crippen LogP contribution in [0.5, 0.6) is 0 Å². The number of rotatable bonds is 6. The molecule has 0 heterocycles. The van der Waals surface area contributed by atoms with Crippen LogP contribution in [0, 0.1) is 0 Å². The molecule has 2 aliphatic rings. The third kappa shape index (κ3) is 6.88. The summed E-state index contributed by atoms with van der Waals surface area (Å²) in [4.78, 5) is 4.83. The third-order valence-electron chi connectivity index (χ3n) is 12.5. The fraction of sp³-hybridized carbons (Fsp3) is 0.179. The first-order chi connectivity index (χ1) is 28.8. The predicted molar refractivity (Wildman–Crippen MR) is 263 cm³/mol. The minimum Gasteiger partial charge on any atom is -0.310 e. The molecule has 296 valence electrons. The van der Waals surface area contributed by atoms with Crippen LogP contribution in [0.1, 0.15) is 74.9 Å². The first-order valence-electron chi connectivity index (χ1n) is 21.0. The first-order valence-corrected chi connectivity index (χ1v) is 22.6. The number of halogens is 2. The highest BCUT2D eigenvalue weighted by Gasteiger charge is 2.30. The van der Waals surface area contributed by atoms with Crippen molar-refractivity contribution in [2.75, 3.05) is 9.80 Å². The Bertz CT molecular complexity index is 2930. The first kappa shape index (κ1) is 38.8. The van der Waals surface area contributed by atoms with Crippen LogP contribution in [-0.4, -0.2) is 0 Å². The molecule has 10 rings (SSSR count). The SMILES string of the molecule is CC(C)(C)c1ccc(N(c2ccc(Br)cc2)c2ccc3c(c2)Cc2cc4c(cc2-3)Cc2cc(N(c3ccc(Br)cc3)c3ccc(C(C)(C)C)cc3)c3ccccc3c2-4)cc1. The van der Waals surface area contributed by atoms with Gasteiger partial charge in [-0.1, -0.05) is 128 Å². The molecule has 8 aromatic carbocycles. The van der Waals surface area contributed by atoms with Crippen LogP contribution >= 0.6 is 31.9 Å². The van der Waals surface area contributed by atoms with Crippen LogP contribution in [0.15, 0.2) is 167 Å². The van der Waals surface area contributed by atoms with Gasteiger partial charge >= 0.3 is 0 Å². The van der Waals surface area contributed by atoms with E-state index in [1.165, 1.54) is 77.8 Å². The Hall–Kier alpha value is -5.42. The summed E-state index contributed by atoms with van der Waals surface area (Å²) in [6.45, 7) is 13.6. The molecule has 8 aromatic rings. The molecule has 0 atom stereocenters. The van der Waals surface area contributed by atoms with Gasteiger partial charge < -0.3 is 9.80 Å². The van der Waals surface area contributed by atoms with Crippen LogP contribution in [0.3, 0.4) is 0 Å². The van der Waals surface area contributed by atoms with Gasteiger partial charge in [0.1, 0.15) is 0 Å². The molecule has 2 nitrogen and oxygen atoms in total. The molecule has 2 aliphatic carbocycles. The van der Waals surface area contributed by atoms with Crippen LogP contribution in [0.25, 0.3) is 33.0 Å². The van der Waals surface area contributed by atoms with Crippen LogP contribution in [0.4, 0.5) is 34.1 Å². The van der Waals surface area contributed by atoms with Crippen molar-refractivity contribution in [3.05, 3.63) is 200 Å². The molecule has 4 heteroatoms. The molecule has 0 bridgehead atoms. The Labute approximate surface area is 371 Å². The van der Waals surface area contributed by atoms with Crippen molar-refractivity contribution in [1.29, 1.82) is 0 Å². The molecular weight excluding hydrogens is 860 g/mol. The molecule has 0 radical (unpaired) electrons. The highest BCUT2D eigenvalue weighted by Crippen LogP contribution is 2.51. The maximum Gasteiger partial charge on any atom is 0.0543 e. The van der Waals surface area contributed by atoms with E-state index in [1.807, 2.05) is 0 Å². The van der Waals surface area contributed by atoms with Gasteiger partial charge in [-0.25, -0.2) is 0 Å². The van der Waals surface area contributed by atoms with E-state index in [1.54, 1.807) is 0 Å². The lowest BCUT2D eigenvalue weighted by molar-refractivity contribution is 0.590. The fourth-order valence-corrected chi connectivity index (χ4v) is 9.86. The van der Waals surface area contributed by atoms with E-state index in [2.05, 4.69) is 241 Å². The van der Waals surface area contributed by atoms with Crippen molar-refractivity contribution in [1.82, 2.24) is 0 Å². The lowest BCUT2D eigenvalue weighted by atomic mass is 9.87. The van der Waals surface area contributed by atoms with Crippen LogP contribution in [-0.2, 0) is 23.7 Å². The van der Waals surface area contributed by atoms with Gasteiger partial charge in [-0.2, -0.15) is 0 Å². The second-order valence-corrected chi connectivity index (χ2v) is 20.4. The van der Waals surface area contributed by atoms with Gasteiger partial charge in [0.25, 0.3) is 0 Å². The average Bonchev–Trinajstić information content (AvgIpc) is 3.78. The number of anilines is 6. The van der Waals surface area contributed by atoms with E-state index in [9.17, 15) is 0 Å². The van der Waals surface area contributed by atoms with E-state index in [4.69, 9.17) is 0 Å². The number of nitrogens with zero attached hydrogens (tertiary/aromatic N) is 2. The molecule has 60 heavy (non-hydrogen) atoms. The zero-order valence-electron chi connectivity index (χ0n) is 35.1. The summed E-state index contributed by atoms with van der Waals surface area (Å²) in [5, 5.41) is 2.56. The molecule has 0 fully saturated rings. The molecule has 0 aliphatic heterocycles. The Kier molecular flexibility index (Phi) is 9.46. The van der Waals surface area contributed by atoms with E-state index in [0.717, 1.165) is 44.5 Å². The van der Waals surface area contributed by atoms with E-state index < -0.39 is 0 Å². The molecule has 0 amide bonds. The average molecular weight is 909 g/mol. The van der Waals surface area contributed by atoms with Gasteiger partial charge in [-0.05, 0) is 188 Å². The highest BCUT2D eigenvalue weighted by atomic mass is 79.9. The van der Waals surface area contributed by atoms with Crippen molar-refractivity contribution < 1.29 is 0 Å². The summed E-state index contributed by atoms with van der Waals surface area (Å²) < 4.78 is 2.15. The van der Waals surface area contributed by atoms with Crippen LogP contribution in [0.2, 0.25) is 0 Å². The molecular formula is C56H48Br2N2. The summed E-state index contributed by atoms with van der Waals surface area (Å²) in [6.07, 6.45) is 1.82. The summed E-state index contributed by atoms with van der Waals surface area (Å²) in [5.74, 6) is 0. The van der Waals surface area contributed by atoms with E-state index in [-0.39, 0.29) is 10.8 Å². The molecule has 0 unspecified atom stereocenters. The van der Waals surface area contributed by atoms with Crippen molar-refractivity contribution >= 4 is 76.8 Å². The maximum atomic E-state index is 3.68. The van der Waals surface area contributed by atoms with Gasteiger partial charge in [-0.3, -0.25) is 0 Å². The van der Waals surface area contributed by atoms with Crippen molar-refractivity contribution in [2.24, 2.45) is 0 Å². The summed E-state index contributed by atoms with van der Waals surface area (Å²) in [5.41, 5.74) is 20.8. The maximum absolute atomic E-state index is 3.68. The predicted octanol–water partition coefficient (Wildman–Crippen LogP) is 17.0. The minimum absolute atomic E-state index is 0.0787. The van der Waals surface area contributed by atoms with Crippen molar-refractivity contribution in [3.63, 3.8) is 0 Å². The Balaban J connectivity index is 1.04. The largest absolute Gasteiger partial charge is 0.310 e. The highest BCUT2D eigenvalue weighted by molar-refractivity contribution is 9.10. The fourth-order valence-electron chi connectivity index (χ4n) is 9.33. The van der Waals surface area contributed by atoms with Gasteiger partial charge in [0.15, 0.2) is 0 Å². The number of benzene rings is 8. The summed E-state index contributed by atoms with van der Waals surface area (Å²) in [7, 11) is 0. The Morgan fingerprint density at radius 2 is 0.817 bits per heavy atom. The third-order valence-corrected chi connectivity index (χ3v) is 13.6. The van der Waals surface area contributed by atoms with E-state index in [0.29, 0.717) is 0 Å². The zero-order valence-corrected chi connectivity index (χ0v) is 38.2. The molecule has 0 aromatic heterocycles. The minimum atomic E-state index is 0.0787. The molecule has 0 saturated carbocycles. The molecule has 0 N–H and O–H groups in total. The number of fused-ring (bicyclic) bond motifs is 8. The topological polar surface area (TPSA) is 6.48 Å². The summed E-state index contributed by atoms with van der Waals surface area (Å²) in [6, 6.07) is 59.2. The second-order valence-electron chi connectivity index (χ2n) is 18.6. The monoisotopic (exact) mass is 906 g/mol. The van der Waals surface area contributed by atoms with Gasteiger partial charge in [-0.15, -0.1) is 0 Å². The molecule has 0 spiro atoms. The smallest absolute Gasteiger partial charge is 0.0543 e. The number of hydrogen-bond donors (Lipinski definition) is 0. The Morgan fingerprint density at radius 3 is 1.37 bits per heavy atom. The Morgan fingerprint density at radius 1 is 0.383 bits per heavy atom. The van der Waals surface area contributed by atoms with Gasteiger partial charge in [0.05, 0.1) is 5.69 Å². The summed E-state index contributed by atoms with van der Waals surface area (Å²) >= 11 is 7.34. The van der Waals surface area contributed by atoms with E-state index >= 15 is 0 Å². The zero-order chi connectivity index (χ0) is 41.5. The van der Waals surface area contributed by atoms with Crippen LogP contribution < -0.4 is 9.80 Å². The standard InChI is InChI=1S/C56H48Br2N2/c1-55(2,3)39-11-19-43(20-12-39)59(44-23-15-41(57)16-24-44)47-27-28-48-35(31-47)29-36-33-52-37(32-51(36)48)30-38-34-53(49-9-7-8-10-50(49)54(38)52)60(46-25-17-42(58)18-26-46)45-21-13-40(14-22-45)56(4,5)6/h7-28,31-34H,29-30H2,1-6H3. The molecule has 0 saturated heterocycles. The lowest BCUT2D eigenvalue weighted by Gasteiger charge is -2.29. The van der Waals surface area contributed by atoms with Crippen molar-refractivity contribution in [3.8, 4) is 22.3 Å². The normalized spacial score (nSPS) is 12.9. The second kappa shape index (κ2) is 14.6.